The van der Waals surface area contributed by atoms with E-state index < -0.39 is 0 Å². The van der Waals surface area contributed by atoms with Crippen LogP contribution in [0.3, 0.4) is 0 Å². The summed E-state index contributed by atoms with van der Waals surface area (Å²) in [4.78, 5) is 9.85. The van der Waals surface area contributed by atoms with Gasteiger partial charge in [-0.1, -0.05) is 6.42 Å². The van der Waals surface area contributed by atoms with Crippen molar-refractivity contribution < 1.29 is 0 Å². The van der Waals surface area contributed by atoms with Crippen LogP contribution in [0.5, 0.6) is 0 Å². The third-order valence-corrected chi connectivity index (χ3v) is 5.72. The molecule has 3 heterocycles. The normalized spacial score (nSPS) is 23.2. The van der Waals surface area contributed by atoms with Crippen LogP contribution < -0.4 is 0 Å². The number of aromatic nitrogens is 1. The number of hydrogen-bond donors (Lipinski definition) is 0. The van der Waals surface area contributed by atoms with E-state index in [1.54, 1.807) is 11.3 Å². The Hall–Kier alpha value is -0.160. The third-order valence-electron chi connectivity index (χ3n) is 4.56. The number of likely N-dealkylation sites (tertiary alicyclic amines) is 2. The monoisotopic (exact) mass is 313 g/mol. The molecule has 3 rings (SSSR count). The van der Waals surface area contributed by atoms with Crippen LogP contribution in [0.4, 0.5) is 0 Å². The summed E-state index contributed by atoms with van der Waals surface area (Å²) in [5.74, 6) is 0.535. The lowest BCUT2D eigenvalue weighted by Gasteiger charge is -2.40. The van der Waals surface area contributed by atoms with Crippen LogP contribution in [-0.2, 0) is 12.4 Å². The molecule has 0 aromatic carbocycles. The first-order valence-corrected chi connectivity index (χ1v) is 9.22. The zero-order valence-corrected chi connectivity index (χ0v) is 13.6. The molecule has 0 radical (unpaired) electrons. The molecule has 0 aliphatic carbocycles. The molecule has 2 aliphatic rings. The zero-order chi connectivity index (χ0) is 13.8. The summed E-state index contributed by atoms with van der Waals surface area (Å²) in [6.07, 6.45) is 6.89. The smallest absolute Gasteiger partial charge is 0.107 e. The number of piperidine rings is 2. The van der Waals surface area contributed by atoms with Crippen LogP contribution in [0.2, 0.25) is 0 Å². The lowest BCUT2D eigenvalue weighted by Crippen LogP contribution is -2.46. The van der Waals surface area contributed by atoms with Crippen molar-refractivity contribution in [2.45, 2.75) is 50.6 Å². The molecule has 1 aromatic rings. The topological polar surface area (TPSA) is 19.4 Å². The maximum Gasteiger partial charge on any atom is 0.107 e. The summed E-state index contributed by atoms with van der Waals surface area (Å²) in [7, 11) is 0. The standard InChI is InChI=1S/C15H24ClN3S/c16-10-13-12-20-15(17-13)11-18-8-4-14(5-9-18)19-6-2-1-3-7-19/h12,14H,1-11H2. The van der Waals surface area contributed by atoms with Gasteiger partial charge in [0.1, 0.15) is 5.01 Å². The van der Waals surface area contributed by atoms with Crippen molar-refractivity contribution in [2.24, 2.45) is 0 Å². The average molecular weight is 314 g/mol. The molecule has 2 saturated heterocycles. The van der Waals surface area contributed by atoms with Gasteiger partial charge in [0.25, 0.3) is 0 Å². The molecule has 0 amide bonds. The number of rotatable bonds is 4. The van der Waals surface area contributed by atoms with E-state index in [0.29, 0.717) is 5.88 Å². The SMILES string of the molecule is ClCc1csc(CN2CCC(N3CCCCC3)CC2)n1. The van der Waals surface area contributed by atoms with Crippen LogP contribution in [0.25, 0.3) is 0 Å². The van der Waals surface area contributed by atoms with Gasteiger partial charge in [0.2, 0.25) is 0 Å². The second-order valence-electron chi connectivity index (χ2n) is 5.97. The molecule has 20 heavy (non-hydrogen) atoms. The van der Waals surface area contributed by atoms with Gasteiger partial charge in [-0.2, -0.15) is 0 Å². The van der Waals surface area contributed by atoms with Gasteiger partial charge in [0, 0.05) is 24.5 Å². The molecule has 5 heteroatoms. The lowest BCUT2D eigenvalue weighted by molar-refractivity contribution is 0.0896. The Bertz CT molecular complexity index is 409. The van der Waals surface area contributed by atoms with Crippen LogP contribution in [0.1, 0.15) is 42.8 Å². The molecule has 2 fully saturated rings. The molecule has 0 bridgehead atoms. The molecule has 2 aliphatic heterocycles. The fourth-order valence-corrected chi connectivity index (χ4v) is 4.46. The molecule has 0 saturated carbocycles. The summed E-state index contributed by atoms with van der Waals surface area (Å²) in [6.45, 7) is 6.11. The summed E-state index contributed by atoms with van der Waals surface area (Å²) in [6, 6.07) is 0.834. The Morgan fingerprint density at radius 2 is 1.90 bits per heavy atom. The van der Waals surface area contributed by atoms with Gasteiger partial charge in [-0.15, -0.1) is 22.9 Å². The molecule has 1 aromatic heterocycles. The van der Waals surface area contributed by atoms with Crippen molar-refractivity contribution in [1.82, 2.24) is 14.8 Å². The van der Waals surface area contributed by atoms with E-state index in [2.05, 4.69) is 20.2 Å². The van der Waals surface area contributed by atoms with Crippen molar-refractivity contribution in [1.29, 1.82) is 0 Å². The van der Waals surface area contributed by atoms with Gasteiger partial charge in [0.15, 0.2) is 0 Å². The van der Waals surface area contributed by atoms with Gasteiger partial charge < -0.3 is 4.90 Å². The van der Waals surface area contributed by atoms with Gasteiger partial charge in [-0.3, -0.25) is 4.90 Å². The minimum atomic E-state index is 0.535. The van der Waals surface area contributed by atoms with Gasteiger partial charge in [0.05, 0.1) is 18.1 Å². The Morgan fingerprint density at radius 3 is 2.55 bits per heavy atom. The van der Waals surface area contributed by atoms with Crippen molar-refractivity contribution in [3.63, 3.8) is 0 Å². The van der Waals surface area contributed by atoms with E-state index in [9.17, 15) is 0 Å². The minimum absolute atomic E-state index is 0.535. The van der Waals surface area contributed by atoms with Gasteiger partial charge in [-0.25, -0.2) is 4.98 Å². The Morgan fingerprint density at radius 1 is 1.15 bits per heavy atom. The fourth-order valence-electron chi connectivity index (χ4n) is 3.40. The van der Waals surface area contributed by atoms with Gasteiger partial charge >= 0.3 is 0 Å². The molecule has 0 spiro atoms. The van der Waals surface area contributed by atoms with E-state index in [4.69, 9.17) is 11.6 Å². The Balaban J connectivity index is 1.45. The number of nitrogens with zero attached hydrogens (tertiary/aromatic N) is 3. The number of thiazole rings is 1. The van der Waals surface area contributed by atoms with Crippen LogP contribution in [-0.4, -0.2) is 47.0 Å². The molecule has 0 atom stereocenters. The summed E-state index contributed by atoms with van der Waals surface area (Å²) < 4.78 is 0. The number of alkyl halides is 1. The number of halogens is 1. The van der Waals surface area contributed by atoms with E-state index in [0.717, 1.165) is 18.3 Å². The quantitative estimate of drug-likeness (QED) is 0.795. The lowest BCUT2D eigenvalue weighted by atomic mass is 10.00. The van der Waals surface area contributed by atoms with Crippen molar-refractivity contribution in [3.8, 4) is 0 Å². The first-order valence-electron chi connectivity index (χ1n) is 7.81. The van der Waals surface area contributed by atoms with Crippen LogP contribution in [0.15, 0.2) is 5.38 Å². The highest BCUT2D eigenvalue weighted by Gasteiger charge is 2.25. The van der Waals surface area contributed by atoms with E-state index in [1.807, 2.05) is 0 Å². The molecular formula is C15H24ClN3S. The minimum Gasteiger partial charge on any atom is -0.300 e. The highest BCUT2D eigenvalue weighted by atomic mass is 35.5. The second kappa shape index (κ2) is 7.21. The predicted molar refractivity (Wildman–Crippen MR) is 85.4 cm³/mol. The van der Waals surface area contributed by atoms with E-state index >= 15 is 0 Å². The Kier molecular flexibility index (Phi) is 5.32. The first-order chi connectivity index (χ1) is 9.85. The van der Waals surface area contributed by atoms with Crippen LogP contribution in [0, 0.1) is 0 Å². The summed E-state index contributed by atoms with van der Waals surface area (Å²) in [5, 5.41) is 3.31. The summed E-state index contributed by atoms with van der Waals surface area (Å²) >= 11 is 7.56. The number of hydrogen-bond acceptors (Lipinski definition) is 4. The zero-order valence-electron chi connectivity index (χ0n) is 12.1. The Labute approximate surface area is 130 Å². The van der Waals surface area contributed by atoms with E-state index in [-0.39, 0.29) is 0 Å². The maximum absolute atomic E-state index is 5.81. The van der Waals surface area contributed by atoms with Crippen molar-refractivity contribution in [3.05, 3.63) is 16.1 Å². The van der Waals surface area contributed by atoms with Gasteiger partial charge in [-0.05, 0) is 38.8 Å². The third kappa shape index (κ3) is 3.73. The fraction of sp³-hybridized carbons (Fsp3) is 0.800. The average Bonchev–Trinajstić information content (AvgIpc) is 2.97. The van der Waals surface area contributed by atoms with Crippen LogP contribution >= 0.6 is 22.9 Å². The highest BCUT2D eigenvalue weighted by Crippen LogP contribution is 2.22. The molecule has 0 unspecified atom stereocenters. The molecule has 112 valence electrons. The van der Waals surface area contributed by atoms with Crippen molar-refractivity contribution >= 4 is 22.9 Å². The summed E-state index contributed by atoms with van der Waals surface area (Å²) in [5.41, 5.74) is 1.02. The first kappa shape index (κ1) is 14.8. The highest BCUT2D eigenvalue weighted by molar-refractivity contribution is 7.09. The molecular weight excluding hydrogens is 290 g/mol. The maximum atomic E-state index is 5.81. The largest absolute Gasteiger partial charge is 0.300 e. The molecule has 0 N–H and O–H groups in total. The van der Waals surface area contributed by atoms with Crippen molar-refractivity contribution in [2.75, 3.05) is 26.2 Å². The van der Waals surface area contributed by atoms with E-state index in [1.165, 1.54) is 63.3 Å². The predicted octanol–water partition coefficient (Wildman–Crippen LogP) is 3.33. The molecule has 3 nitrogen and oxygen atoms in total. The second-order valence-corrected chi connectivity index (χ2v) is 7.18.